The van der Waals surface area contributed by atoms with E-state index in [1.807, 2.05) is 17.9 Å². The van der Waals surface area contributed by atoms with Gasteiger partial charge in [0.25, 0.3) is 0 Å². The van der Waals surface area contributed by atoms with Crippen molar-refractivity contribution < 1.29 is 9.13 Å². The Morgan fingerprint density at radius 3 is 2.75 bits per heavy atom. The standard InChI is InChI=1S/C12H19FN2O/c1-3-15(9-12(8-14)16-2)11-6-4-5-10(13)7-11/h4-7,12H,3,8-9,14H2,1-2H3. The van der Waals surface area contributed by atoms with Gasteiger partial charge in [0.2, 0.25) is 0 Å². The molecule has 1 unspecified atom stereocenters. The van der Waals surface area contributed by atoms with Gasteiger partial charge >= 0.3 is 0 Å². The maximum absolute atomic E-state index is 13.1. The molecule has 0 saturated carbocycles. The molecule has 1 atom stereocenters. The second-order valence-corrected chi connectivity index (χ2v) is 3.61. The molecule has 2 N–H and O–H groups in total. The molecule has 0 aliphatic heterocycles. The number of methoxy groups -OCH3 is 1. The van der Waals surface area contributed by atoms with E-state index in [0.29, 0.717) is 13.1 Å². The summed E-state index contributed by atoms with van der Waals surface area (Å²) in [6.07, 6.45) is -0.0248. The quantitative estimate of drug-likeness (QED) is 0.801. The van der Waals surface area contributed by atoms with Gasteiger partial charge in [0.05, 0.1) is 6.10 Å². The van der Waals surface area contributed by atoms with Gasteiger partial charge in [-0.15, -0.1) is 0 Å². The van der Waals surface area contributed by atoms with Crippen molar-refractivity contribution in [2.75, 3.05) is 31.6 Å². The van der Waals surface area contributed by atoms with Gasteiger partial charge in [-0.2, -0.15) is 0 Å². The summed E-state index contributed by atoms with van der Waals surface area (Å²) in [6, 6.07) is 6.55. The Morgan fingerprint density at radius 1 is 1.50 bits per heavy atom. The summed E-state index contributed by atoms with van der Waals surface area (Å²) in [4.78, 5) is 2.05. The molecule has 0 bridgehead atoms. The van der Waals surface area contributed by atoms with Gasteiger partial charge in [-0.25, -0.2) is 4.39 Å². The predicted molar refractivity (Wildman–Crippen MR) is 64.1 cm³/mol. The SMILES string of the molecule is CCN(CC(CN)OC)c1cccc(F)c1. The zero-order valence-electron chi connectivity index (χ0n) is 9.82. The van der Waals surface area contributed by atoms with E-state index in [1.165, 1.54) is 12.1 Å². The molecule has 3 nitrogen and oxygen atoms in total. The highest BCUT2D eigenvalue weighted by atomic mass is 19.1. The Morgan fingerprint density at radius 2 is 2.25 bits per heavy atom. The van der Waals surface area contributed by atoms with Crippen LogP contribution in [-0.4, -0.2) is 32.8 Å². The zero-order chi connectivity index (χ0) is 12.0. The lowest BCUT2D eigenvalue weighted by Crippen LogP contribution is -2.37. The summed E-state index contributed by atoms with van der Waals surface area (Å²) in [7, 11) is 1.64. The average molecular weight is 226 g/mol. The lowest BCUT2D eigenvalue weighted by atomic mass is 10.2. The molecule has 1 aromatic rings. The first kappa shape index (κ1) is 12.9. The third kappa shape index (κ3) is 3.47. The van der Waals surface area contributed by atoms with Crippen LogP contribution in [0.2, 0.25) is 0 Å². The van der Waals surface area contributed by atoms with Crippen LogP contribution in [0, 0.1) is 5.82 Å². The molecule has 0 radical (unpaired) electrons. The lowest BCUT2D eigenvalue weighted by Gasteiger charge is -2.27. The highest BCUT2D eigenvalue weighted by Gasteiger charge is 2.11. The van der Waals surface area contributed by atoms with Crippen molar-refractivity contribution in [1.82, 2.24) is 0 Å². The van der Waals surface area contributed by atoms with Gasteiger partial charge < -0.3 is 15.4 Å². The number of nitrogens with zero attached hydrogens (tertiary/aromatic N) is 1. The van der Waals surface area contributed by atoms with Crippen molar-refractivity contribution in [2.24, 2.45) is 5.73 Å². The summed E-state index contributed by atoms with van der Waals surface area (Å²) in [5.74, 6) is -0.224. The minimum atomic E-state index is -0.224. The average Bonchev–Trinajstić information content (AvgIpc) is 2.31. The third-order valence-corrected chi connectivity index (χ3v) is 2.58. The first-order valence-electron chi connectivity index (χ1n) is 5.44. The van der Waals surface area contributed by atoms with Gasteiger partial charge in [-0.3, -0.25) is 0 Å². The highest BCUT2D eigenvalue weighted by Crippen LogP contribution is 2.15. The lowest BCUT2D eigenvalue weighted by molar-refractivity contribution is 0.114. The molecule has 0 amide bonds. The Bertz CT molecular complexity index is 316. The van der Waals surface area contributed by atoms with Crippen LogP contribution in [0.25, 0.3) is 0 Å². The van der Waals surface area contributed by atoms with Crippen molar-refractivity contribution in [3.05, 3.63) is 30.1 Å². The van der Waals surface area contributed by atoms with Crippen molar-refractivity contribution in [1.29, 1.82) is 0 Å². The topological polar surface area (TPSA) is 38.5 Å². The summed E-state index contributed by atoms with van der Waals surface area (Å²) in [6.45, 7) is 3.95. The van der Waals surface area contributed by atoms with E-state index in [0.717, 1.165) is 12.2 Å². The Hall–Kier alpha value is -1.13. The molecule has 1 rings (SSSR count). The van der Waals surface area contributed by atoms with E-state index < -0.39 is 0 Å². The Kier molecular flexibility index (Phi) is 5.22. The molecule has 0 aliphatic carbocycles. The molecule has 1 aromatic carbocycles. The van der Waals surface area contributed by atoms with Gasteiger partial charge in [0.15, 0.2) is 0 Å². The Labute approximate surface area is 96.0 Å². The summed E-state index contributed by atoms with van der Waals surface area (Å²) < 4.78 is 18.3. The number of nitrogens with two attached hydrogens (primary N) is 1. The maximum atomic E-state index is 13.1. The molecular weight excluding hydrogens is 207 g/mol. The number of halogens is 1. The van der Waals surface area contributed by atoms with E-state index in [9.17, 15) is 4.39 Å². The first-order valence-corrected chi connectivity index (χ1v) is 5.44. The van der Waals surface area contributed by atoms with Crippen molar-refractivity contribution in [3.8, 4) is 0 Å². The second-order valence-electron chi connectivity index (χ2n) is 3.61. The van der Waals surface area contributed by atoms with Crippen LogP contribution < -0.4 is 10.6 Å². The fraction of sp³-hybridized carbons (Fsp3) is 0.500. The van der Waals surface area contributed by atoms with E-state index in [4.69, 9.17) is 10.5 Å². The summed E-state index contributed by atoms with van der Waals surface area (Å²) in [5, 5.41) is 0. The number of benzene rings is 1. The van der Waals surface area contributed by atoms with Gasteiger partial charge in [0.1, 0.15) is 5.82 Å². The van der Waals surface area contributed by atoms with Gasteiger partial charge in [-0.1, -0.05) is 6.07 Å². The molecule has 0 fully saturated rings. The second kappa shape index (κ2) is 6.45. The maximum Gasteiger partial charge on any atom is 0.125 e. The van der Waals surface area contributed by atoms with Crippen LogP contribution in [-0.2, 0) is 4.74 Å². The van der Waals surface area contributed by atoms with Crippen LogP contribution in [0.5, 0.6) is 0 Å². The number of hydrogen-bond donors (Lipinski definition) is 1. The monoisotopic (exact) mass is 226 g/mol. The summed E-state index contributed by atoms with van der Waals surface area (Å²) >= 11 is 0. The smallest absolute Gasteiger partial charge is 0.125 e. The molecule has 0 aliphatic rings. The van der Waals surface area contributed by atoms with Crippen molar-refractivity contribution in [3.63, 3.8) is 0 Å². The van der Waals surface area contributed by atoms with Gasteiger partial charge in [-0.05, 0) is 25.1 Å². The van der Waals surface area contributed by atoms with Crippen LogP contribution in [0.15, 0.2) is 24.3 Å². The Balaban J connectivity index is 2.74. The minimum absolute atomic E-state index is 0.0248. The van der Waals surface area contributed by atoms with Crippen molar-refractivity contribution >= 4 is 5.69 Å². The van der Waals surface area contributed by atoms with E-state index >= 15 is 0 Å². The number of ether oxygens (including phenoxy) is 1. The van der Waals surface area contributed by atoms with E-state index in [2.05, 4.69) is 0 Å². The molecule has 0 heterocycles. The largest absolute Gasteiger partial charge is 0.378 e. The normalized spacial score (nSPS) is 12.5. The van der Waals surface area contributed by atoms with Crippen molar-refractivity contribution in [2.45, 2.75) is 13.0 Å². The van der Waals surface area contributed by atoms with E-state index in [-0.39, 0.29) is 11.9 Å². The van der Waals surface area contributed by atoms with Crippen LogP contribution in [0.3, 0.4) is 0 Å². The first-order chi connectivity index (χ1) is 7.71. The molecule has 16 heavy (non-hydrogen) atoms. The molecule has 4 heteroatoms. The highest BCUT2D eigenvalue weighted by molar-refractivity contribution is 5.46. The van der Waals surface area contributed by atoms with Crippen LogP contribution in [0.1, 0.15) is 6.92 Å². The number of anilines is 1. The number of hydrogen-bond acceptors (Lipinski definition) is 3. The van der Waals surface area contributed by atoms with Crippen LogP contribution in [0.4, 0.5) is 10.1 Å². The van der Waals surface area contributed by atoms with Crippen LogP contribution >= 0.6 is 0 Å². The fourth-order valence-corrected chi connectivity index (χ4v) is 1.58. The number of rotatable bonds is 6. The zero-order valence-corrected chi connectivity index (χ0v) is 9.82. The molecule has 0 spiro atoms. The third-order valence-electron chi connectivity index (χ3n) is 2.58. The number of likely N-dealkylation sites (N-methyl/N-ethyl adjacent to an activating group) is 1. The predicted octanol–water partition coefficient (Wildman–Crippen LogP) is 1.63. The molecule has 90 valence electrons. The minimum Gasteiger partial charge on any atom is -0.378 e. The molecule has 0 aromatic heterocycles. The summed E-state index contributed by atoms with van der Waals surface area (Å²) in [5.41, 5.74) is 6.43. The molecular formula is C12H19FN2O. The van der Waals surface area contributed by atoms with Gasteiger partial charge in [0, 0.05) is 32.4 Å². The van der Waals surface area contributed by atoms with E-state index in [1.54, 1.807) is 13.2 Å². The fourth-order valence-electron chi connectivity index (χ4n) is 1.58. The molecule has 0 saturated heterocycles.